The third kappa shape index (κ3) is 3.72. The number of nitrogens with zero attached hydrogens (tertiary/aromatic N) is 3. The largest absolute Gasteiger partial charge is 0.312 e. The van der Waals surface area contributed by atoms with Gasteiger partial charge in [-0.1, -0.05) is 18.5 Å². The molecule has 0 saturated carbocycles. The molecule has 1 fully saturated rings. The van der Waals surface area contributed by atoms with Crippen LogP contribution in [0.3, 0.4) is 0 Å². The summed E-state index contributed by atoms with van der Waals surface area (Å²) in [5.41, 5.74) is 2.09. The minimum Gasteiger partial charge on any atom is -0.312 e. The van der Waals surface area contributed by atoms with Crippen LogP contribution in [-0.2, 0) is 17.8 Å². The summed E-state index contributed by atoms with van der Waals surface area (Å²) in [5.74, 6) is -0.240. The molecule has 2 aromatic rings. The van der Waals surface area contributed by atoms with Crippen molar-refractivity contribution in [1.29, 1.82) is 0 Å². The number of hydrogen-bond acceptors (Lipinski definition) is 5. The minimum atomic E-state index is -0.264. The second-order valence-electron chi connectivity index (χ2n) is 6.77. The molecule has 2 aliphatic heterocycles. The van der Waals surface area contributed by atoms with Crippen LogP contribution >= 0.6 is 22.9 Å². The van der Waals surface area contributed by atoms with E-state index in [-0.39, 0.29) is 11.8 Å². The zero-order valence-corrected chi connectivity index (χ0v) is 16.7. The summed E-state index contributed by atoms with van der Waals surface area (Å²) < 4.78 is 0. The van der Waals surface area contributed by atoms with E-state index in [2.05, 4.69) is 22.1 Å². The summed E-state index contributed by atoms with van der Waals surface area (Å²) in [6.07, 6.45) is 2.20. The van der Waals surface area contributed by atoms with Crippen molar-refractivity contribution in [2.75, 3.05) is 29.9 Å². The summed E-state index contributed by atoms with van der Waals surface area (Å²) >= 11 is 7.65. The van der Waals surface area contributed by atoms with E-state index in [1.165, 1.54) is 16.2 Å². The highest BCUT2D eigenvalue weighted by atomic mass is 35.5. The molecule has 0 spiro atoms. The average Bonchev–Trinajstić information content (AvgIpc) is 3.25. The van der Waals surface area contributed by atoms with Crippen LogP contribution in [0.4, 0.5) is 10.8 Å². The molecule has 0 unspecified atom stereocenters. The van der Waals surface area contributed by atoms with Gasteiger partial charge in [-0.15, -0.1) is 11.3 Å². The number of anilines is 2. The highest BCUT2D eigenvalue weighted by Crippen LogP contribution is 2.31. The number of fused-ring (bicyclic) bond motifs is 1. The fraction of sp³-hybridized carbons (Fsp3) is 0.421. The Bertz CT molecular complexity index is 898. The molecular weight excluding hydrogens is 384 g/mol. The molecule has 142 valence electrons. The Kier molecular flexibility index (Phi) is 5.16. The molecule has 0 bridgehead atoms. The summed E-state index contributed by atoms with van der Waals surface area (Å²) in [6, 6.07) is 5.03. The van der Waals surface area contributed by atoms with Gasteiger partial charge < -0.3 is 4.90 Å². The van der Waals surface area contributed by atoms with Gasteiger partial charge in [0.25, 0.3) is 5.91 Å². The molecule has 0 aliphatic carbocycles. The third-order valence-corrected chi connectivity index (χ3v) is 6.28. The van der Waals surface area contributed by atoms with Crippen molar-refractivity contribution in [3.63, 3.8) is 0 Å². The van der Waals surface area contributed by atoms with E-state index >= 15 is 0 Å². The van der Waals surface area contributed by atoms with Gasteiger partial charge in [-0.3, -0.25) is 19.8 Å². The summed E-state index contributed by atoms with van der Waals surface area (Å²) in [6.45, 7) is 5.65. The van der Waals surface area contributed by atoms with E-state index in [9.17, 15) is 9.59 Å². The van der Waals surface area contributed by atoms with Crippen molar-refractivity contribution in [2.24, 2.45) is 0 Å². The molecule has 0 radical (unpaired) electrons. The Balaban J connectivity index is 1.57. The summed E-state index contributed by atoms with van der Waals surface area (Å²) in [5, 5.41) is 4.03. The van der Waals surface area contributed by atoms with Crippen LogP contribution in [0.15, 0.2) is 18.2 Å². The summed E-state index contributed by atoms with van der Waals surface area (Å²) in [7, 11) is 0. The Morgan fingerprint density at radius 1 is 1.33 bits per heavy atom. The number of aromatic nitrogens is 1. The van der Waals surface area contributed by atoms with Crippen molar-refractivity contribution in [3.8, 4) is 0 Å². The quantitative estimate of drug-likeness (QED) is 0.846. The fourth-order valence-corrected chi connectivity index (χ4v) is 4.77. The molecule has 6 nitrogen and oxygen atoms in total. The standard InChI is InChI=1S/C19H21ClN4O2S/c1-2-23-9-7-14-16(11-23)27-19(21-14)22-18(26)13-6-5-12(20)10-15(13)24-8-3-4-17(24)25/h5-6,10H,2-4,7-9,11H2,1H3,(H,21,22,26). The predicted octanol–water partition coefficient (Wildman–Crippen LogP) is 3.55. The van der Waals surface area contributed by atoms with Crippen LogP contribution in [0, 0.1) is 0 Å². The van der Waals surface area contributed by atoms with E-state index in [4.69, 9.17) is 11.6 Å². The number of likely N-dealkylation sites (N-methyl/N-ethyl adjacent to an activating group) is 1. The molecule has 27 heavy (non-hydrogen) atoms. The first-order valence-electron chi connectivity index (χ1n) is 9.17. The number of benzene rings is 1. The zero-order chi connectivity index (χ0) is 19.0. The zero-order valence-electron chi connectivity index (χ0n) is 15.1. The van der Waals surface area contributed by atoms with Gasteiger partial charge in [0.05, 0.1) is 16.9 Å². The van der Waals surface area contributed by atoms with Gasteiger partial charge in [-0.2, -0.15) is 0 Å². The smallest absolute Gasteiger partial charge is 0.259 e. The van der Waals surface area contributed by atoms with E-state index in [1.54, 1.807) is 23.1 Å². The molecule has 1 aromatic heterocycles. The minimum absolute atomic E-state index is 0.0238. The lowest BCUT2D eigenvalue weighted by atomic mass is 10.1. The Labute approximate surface area is 167 Å². The Morgan fingerprint density at radius 2 is 2.19 bits per heavy atom. The number of carbonyl (C=O) groups excluding carboxylic acids is 2. The topological polar surface area (TPSA) is 65.5 Å². The second kappa shape index (κ2) is 7.58. The van der Waals surface area contributed by atoms with Crippen LogP contribution in [-0.4, -0.2) is 41.3 Å². The van der Waals surface area contributed by atoms with Gasteiger partial charge in [-0.05, 0) is 31.2 Å². The predicted molar refractivity (Wildman–Crippen MR) is 108 cm³/mol. The average molecular weight is 405 g/mol. The number of amides is 2. The lowest BCUT2D eigenvalue weighted by molar-refractivity contribution is -0.117. The number of rotatable bonds is 4. The molecule has 2 amide bonds. The molecular formula is C19H21ClN4O2S. The van der Waals surface area contributed by atoms with Crippen LogP contribution in [0.25, 0.3) is 0 Å². The maximum absolute atomic E-state index is 12.9. The van der Waals surface area contributed by atoms with Crippen molar-refractivity contribution in [3.05, 3.63) is 39.4 Å². The van der Waals surface area contributed by atoms with Gasteiger partial charge in [0.2, 0.25) is 5.91 Å². The third-order valence-electron chi connectivity index (χ3n) is 5.05. The maximum Gasteiger partial charge on any atom is 0.259 e. The number of nitrogens with one attached hydrogen (secondary N) is 1. The lowest BCUT2D eigenvalue weighted by Gasteiger charge is -2.23. The fourth-order valence-electron chi connectivity index (χ4n) is 3.56. The summed E-state index contributed by atoms with van der Waals surface area (Å²) in [4.78, 5) is 34.9. The first-order valence-corrected chi connectivity index (χ1v) is 10.4. The van der Waals surface area contributed by atoms with Crippen LogP contribution in [0.2, 0.25) is 5.02 Å². The molecule has 4 rings (SSSR count). The van der Waals surface area contributed by atoms with E-state index in [0.717, 1.165) is 38.2 Å². The molecule has 1 N–H and O–H groups in total. The Hall–Kier alpha value is -1.96. The highest BCUT2D eigenvalue weighted by molar-refractivity contribution is 7.15. The molecule has 1 aromatic carbocycles. The lowest BCUT2D eigenvalue weighted by Crippen LogP contribution is -2.29. The van der Waals surface area contributed by atoms with Gasteiger partial charge >= 0.3 is 0 Å². The molecule has 2 aliphatic rings. The van der Waals surface area contributed by atoms with Crippen LogP contribution in [0.5, 0.6) is 0 Å². The van der Waals surface area contributed by atoms with Crippen LogP contribution < -0.4 is 10.2 Å². The van der Waals surface area contributed by atoms with Crippen molar-refractivity contribution >= 4 is 45.6 Å². The monoisotopic (exact) mass is 404 g/mol. The van der Waals surface area contributed by atoms with Crippen molar-refractivity contribution in [1.82, 2.24) is 9.88 Å². The van der Waals surface area contributed by atoms with Crippen molar-refractivity contribution in [2.45, 2.75) is 32.7 Å². The SMILES string of the molecule is CCN1CCc2nc(NC(=O)c3ccc(Cl)cc3N3CCCC3=O)sc2C1. The highest BCUT2D eigenvalue weighted by Gasteiger charge is 2.27. The molecule has 0 atom stereocenters. The first-order chi connectivity index (χ1) is 13.0. The molecule has 8 heteroatoms. The number of halogens is 1. The molecule has 3 heterocycles. The van der Waals surface area contributed by atoms with E-state index in [1.807, 2.05) is 0 Å². The second-order valence-corrected chi connectivity index (χ2v) is 8.29. The van der Waals surface area contributed by atoms with Crippen LogP contribution in [0.1, 0.15) is 40.7 Å². The first kappa shape index (κ1) is 18.4. The van der Waals surface area contributed by atoms with Gasteiger partial charge in [0, 0.05) is 42.4 Å². The van der Waals surface area contributed by atoms with Gasteiger partial charge in [-0.25, -0.2) is 4.98 Å². The van der Waals surface area contributed by atoms with E-state index in [0.29, 0.717) is 34.4 Å². The number of hydrogen-bond donors (Lipinski definition) is 1. The molecule has 1 saturated heterocycles. The van der Waals surface area contributed by atoms with Gasteiger partial charge in [0.15, 0.2) is 5.13 Å². The van der Waals surface area contributed by atoms with Gasteiger partial charge in [0.1, 0.15) is 0 Å². The normalized spacial score (nSPS) is 17.3. The van der Waals surface area contributed by atoms with E-state index < -0.39 is 0 Å². The number of carbonyl (C=O) groups is 2. The number of thiazole rings is 1. The maximum atomic E-state index is 12.9. The van der Waals surface area contributed by atoms with Crippen molar-refractivity contribution < 1.29 is 9.59 Å². The Morgan fingerprint density at radius 3 is 2.93 bits per heavy atom.